The molecule has 0 saturated carbocycles. The molecule has 0 aliphatic heterocycles. The Morgan fingerprint density at radius 3 is 2.36 bits per heavy atom. The van der Waals surface area contributed by atoms with E-state index in [2.05, 4.69) is 0 Å². The van der Waals surface area contributed by atoms with Crippen molar-refractivity contribution in [2.24, 2.45) is 0 Å². The van der Waals surface area contributed by atoms with Crippen LogP contribution in [0.2, 0.25) is 5.02 Å². The van der Waals surface area contributed by atoms with Crippen molar-refractivity contribution in [2.45, 2.75) is 4.90 Å². The minimum Gasteiger partial charge on any atom is -0.493 e. The summed E-state index contributed by atoms with van der Waals surface area (Å²) in [6.07, 6.45) is 0. The molecule has 0 spiro atoms. The summed E-state index contributed by atoms with van der Waals surface area (Å²) in [6, 6.07) is 12.0. The summed E-state index contributed by atoms with van der Waals surface area (Å²) < 4.78 is 29.8. The lowest BCUT2D eigenvalue weighted by atomic mass is 10.2. The lowest BCUT2D eigenvalue weighted by molar-refractivity contribution is 0.0692. The minimum absolute atomic E-state index is 0.0854. The summed E-state index contributed by atoms with van der Waals surface area (Å²) >= 11 is 5.74. The monoisotopic (exact) mass is 340 g/mol. The van der Waals surface area contributed by atoms with Gasteiger partial charge >= 0.3 is 5.97 Å². The molecule has 5 nitrogen and oxygen atoms in total. The second-order valence-corrected chi connectivity index (χ2v) is 6.94. The number of rotatable bonds is 6. The van der Waals surface area contributed by atoms with Gasteiger partial charge < -0.3 is 9.84 Å². The summed E-state index contributed by atoms with van der Waals surface area (Å²) in [6.45, 7) is -0.0854. The lowest BCUT2D eigenvalue weighted by Crippen LogP contribution is -2.17. The van der Waals surface area contributed by atoms with Gasteiger partial charge in [0.1, 0.15) is 12.4 Å². The molecule has 0 radical (unpaired) electrons. The Bertz CT molecular complexity index is 769. The zero-order valence-corrected chi connectivity index (χ0v) is 13.0. The molecule has 7 heteroatoms. The van der Waals surface area contributed by atoms with Gasteiger partial charge in [0.25, 0.3) is 0 Å². The Labute approximate surface area is 133 Å². The van der Waals surface area contributed by atoms with Crippen molar-refractivity contribution in [3.05, 3.63) is 59.1 Å². The van der Waals surface area contributed by atoms with Crippen LogP contribution in [-0.2, 0) is 9.84 Å². The van der Waals surface area contributed by atoms with Crippen LogP contribution < -0.4 is 4.74 Å². The van der Waals surface area contributed by atoms with E-state index in [0.717, 1.165) is 0 Å². The number of carboxylic acid groups (broad SMARTS) is 1. The van der Waals surface area contributed by atoms with Gasteiger partial charge in [0.05, 0.1) is 16.2 Å². The van der Waals surface area contributed by atoms with Gasteiger partial charge in [0, 0.05) is 5.02 Å². The zero-order valence-electron chi connectivity index (χ0n) is 11.4. The third-order valence-electron chi connectivity index (χ3n) is 2.89. The van der Waals surface area contributed by atoms with Crippen molar-refractivity contribution in [1.82, 2.24) is 0 Å². The van der Waals surface area contributed by atoms with Crippen molar-refractivity contribution >= 4 is 27.4 Å². The van der Waals surface area contributed by atoms with Crippen molar-refractivity contribution in [1.29, 1.82) is 0 Å². The molecule has 0 aliphatic carbocycles. The molecule has 1 N–H and O–H groups in total. The molecule has 0 atom stereocenters. The van der Waals surface area contributed by atoms with Crippen LogP contribution in [0, 0.1) is 0 Å². The highest BCUT2D eigenvalue weighted by Crippen LogP contribution is 2.18. The van der Waals surface area contributed by atoms with Gasteiger partial charge in [-0.3, -0.25) is 0 Å². The van der Waals surface area contributed by atoms with Crippen molar-refractivity contribution in [2.75, 3.05) is 12.4 Å². The summed E-state index contributed by atoms with van der Waals surface area (Å²) in [4.78, 5) is 10.9. The van der Waals surface area contributed by atoms with Gasteiger partial charge in [0.15, 0.2) is 9.84 Å². The van der Waals surface area contributed by atoms with Gasteiger partial charge in [-0.1, -0.05) is 23.7 Å². The van der Waals surface area contributed by atoms with Gasteiger partial charge in [-0.2, -0.15) is 0 Å². The maximum Gasteiger partial charge on any atom is 0.337 e. The molecule has 0 amide bonds. The third-order valence-corrected chi connectivity index (χ3v) is 4.87. The standard InChI is InChI=1S/C15H13ClO5S/c16-11-5-7-12(8-6-11)21-9-10-22(19,20)14-4-2-1-3-13(14)15(17)18/h1-8H,9-10H2,(H,17,18). The van der Waals surface area contributed by atoms with E-state index >= 15 is 0 Å². The smallest absolute Gasteiger partial charge is 0.337 e. The van der Waals surface area contributed by atoms with Gasteiger partial charge in [-0.25, -0.2) is 13.2 Å². The molecular formula is C15H13ClO5S. The van der Waals surface area contributed by atoms with Crippen molar-refractivity contribution in [3.8, 4) is 5.75 Å². The highest BCUT2D eigenvalue weighted by atomic mass is 35.5. The first-order chi connectivity index (χ1) is 10.4. The second-order valence-electron chi connectivity index (χ2n) is 4.42. The van der Waals surface area contributed by atoms with Gasteiger partial charge in [-0.15, -0.1) is 0 Å². The Morgan fingerprint density at radius 2 is 1.73 bits per heavy atom. The first-order valence-electron chi connectivity index (χ1n) is 6.33. The Balaban J connectivity index is 2.09. The fraction of sp³-hybridized carbons (Fsp3) is 0.133. The Morgan fingerprint density at radius 1 is 1.09 bits per heavy atom. The Hall–Kier alpha value is -2.05. The number of hydrogen-bond donors (Lipinski definition) is 1. The third kappa shape index (κ3) is 3.99. The molecule has 116 valence electrons. The van der Waals surface area contributed by atoms with E-state index < -0.39 is 15.8 Å². The van der Waals surface area contributed by atoms with E-state index in [0.29, 0.717) is 10.8 Å². The minimum atomic E-state index is -3.75. The number of hydrogen-bond acceptors (Lipinski definition) is 4. The molecule has 2 aromatic rings. The number of ether oxygens (including phenoxy) is 1. The molecular weight excluding hydrogens is 328 g/mol. The van der Waals surface area contributed by atoms with Crippen molar-refractivity contribution < 1.29 is 23.1 Å². The van der Waals surface area contributed by atoms with Gasteiger partial charge in [-0.05, 0) is 36.4 Å². The molecule has 0 heterocycles. The molecule has 0 bridgehead atoms. The van der Waals surface area contributed by atoms with E-state index in [1.165, 1.54) is 24.3 Å². The summed E-state index contributed by atoms with van der Waals surface area (Å²) in [7, 11) is -3.75. The average Bonchev–Trinajstić information content (AvgIpc) is 2.49. The first kappa shape index (κ1) is 16.3. The maximum atomic E-state index is 12.2. The number of carboxylic acids is 1. The number of sulfone groups is 1. The van der Waals surface area contributed by atoms with Crippen LogP contribution in [0.3, 0.4) is 0 Å². The number of benzene rings is 2. The molecule has 0 unspecified atom stereocenters. The quantitative estimate of drug-likeness (QED) is 0.874. The molecule has 0 fully saturated rings. The normalized spacial score (nSPS) is 11.1. The SMILES string of the molecule is O=C(O)c1ccccc1S(=O)(=O)CCOc1ccc(Cl)cc1. The number of aromatic carboxylic acids is 1. The fourth-order valence-electron chi connectivity index (χ4n) is 1.82. The van der Waals surface area contributed by atoms with Crippen LogP contribution in [0.25, 0.3) is 0 Å². The molecule has 0 aromatic heterocycles. The highest BCUT2D eigenvalue weighted by Gasteiger charge is 2.21. The van der Waals surface area contributed by atoms with E-state index in [1.54, 1.807) is 24.3 Å². The molecule has 0 aliphatic rings. The topological polar surface area (TPSA) is 80.7 Å². The van der Waals surface area contributed by atoms with E-state index in [9.17, 15) is 13.2 Å². The molecule has 22 heavy (non-hydrogen) atoms. The van der Waals surface area contributed by atoms with Crippen LogP contribution in [-0.4, -0.2) is 31.9 Å². The maximum absolute atomic E-state index is 12.2. The number of halogens is 1. The van der Waals surface area contributed by atoms with Crippen LogP contribution in [0.4, 0.5) is 0 Å². The Kier molecular flexibility index (Phi) is 5.05. The van der Waals surface area contributed by atoms with Crippen LogP contribution in [0.15, 0.2) is 53.4 Å². The van der Waals surface area contributed by atoms with E-state index in [1.807, 2.05) is 0 Å². The fourth-order valence-corrected chi connectivity index (χ4v) is 3.25. The van der Waals surface area contributed by atoms with Crippen molar-refractivity contribution in [3.63, 3.8) is 0 Å². The predicted octanol–water partition coefficient (Wildman–Crippen LogP) is 2.89. The average molecular weight is 341 g/mol. The number of carbonyl (C=O) groups is 1. The van der Waals surface area contributed by atoms with Crippen LogP contribution in [0.5, 0.6) is 5.75 Å². The van der Waals surface area contributed by atoms with E-state index in [4.69, 9.17) is 21.4 Å². The molecule has 2 rings (SSSR count). The summed E-state index contributed by atoms with van der Waals surface area (Å²) in [5.41, 5.74) is -0.242. The predicted molar refractivity (Wildman–Crippen MR) is 82.4 cm³/mol. The van der Waals surface area contributed by atoms with Crippen LogP contribution >= 0.6 is 11.6 Å². The summed E-state index contributed by atoms with van der Waals surface area (Å²) in [5.74, 6) is -1.11. The largest absolute Gasteiger partial charge is 0.493 e. The lowest BCUT2D eigenvalue weighted by Gasteiger charge is -2.09. The highest BCUT2D eigenvalue weighted by molar-refractivity contribution is 7.91. The van der Waals surface area contributed by atoms with Crippen LogP contribution in [0.1, 0.15) is 10.4 Å². The summed E-state index contributed by atoms with van der Waals surface area (Å²) in [5, 5.41) is 9.60. The first-order valence-corrected chi connectivity index (χ1v) is 8.36. The van der Waals surface area contributed by atoms with Gasteiger partial charge in [0.2, 0.25) is 0 Å². The molecule has 0 saturated heterocycles. The molecule has 2 aromatic carbocycles. The zero-order chi connectivity index (χ0) is 16.2. The second kappa shape index (κ2) is 6.81. The van der Waals surface area contributed by atoms with E-state index in [-0.39, 0.29) is 22.8 Å².